The first-order chi connectivity index (χ1) is 13.7. The van der Waals surface area contributed by atoms with Gasteiger partial charge >= 0.3 is 5.97 Å². The molecule has 0 aromatic rings. The van der Waals surface area contributed by atoms with Crippen LogP contribution < -0.4 is 0 Å². The second-order valence-corrected chi connectivity index (χ2v) is 9.83. The number of carbonyl (C=O) groups is 2. The third kappa shape index (κ3) is 8.42. The molecule has 6 nitrogen and oxygen atoms in total. The van der Waals surface area contributed by atoms with Crippen LogP contribution in [-0.2, 0) is 24.2 Å². The standard InChI is InChI=1S/C22H36O6S/c1-4-5-6-7-10-13-16-22(25)17-19(29(3,26)27)21(24)18(22)14-11-8-9-12-15-20(23)28-2/h14,17,25H,4-13,15-16H2,1-3H3. The molecule has 0 aromatic carbocycles. The number of aliphatic hydroxyl groups is 1. The molecule has 0 heterocycles. The minimum absolute atomic E-state index is 0.180. The molecule has 0 bridgehead atoms. The summed E-state index contributed by atoms with van der Waals surface area (Å²) >= 11 is 0. The number of hydrogen-bond acceptors (Lipinski definition) is 6. The van der Waals surface area contributed by atoms with E-state index >= 15 is 0 Å². The van der Waals surface area contributed by atoms with Crippen LogP contribution in [0.4, 0.5) is 0 Å². The third-order valence-corrected chi connectivity index (χ3v) is 6.38. The molecule has 29 heavy (non-hydrogen) atoms. The molecule has 0 amide bonds. The summed E-state index contributed by atoms with van der Waals surface area (Å²) in [6.07, 6.45) is 13.6. The summed E-state index contributed by atoms with van der Waals surface area (Å²) in [6, 6.07) is 0. The van der Waals surface area contributed by atoms with Gasteiger partial charge in [-0.1, -0.05) is 51.5 Å². The van der Waals surface area contributed by atoms with Crippen molar-refractivity contribution in [2.24, 2.45) is 0 Å². The van der Waals surface area contributed by atoms with Gasteiger partial charge in [-0.2, -0.15) is 0 Å². The van der Waals surface area contributed by atoms with Crippen molar-refractivity contribution in [3.8, 4) is 0 Å². The lowest BCUT2D eigenvalue weighted by molar-refractivity contribution is -0.140. The van der Waals surface area contributed by atoms with Crippen molar-refractivity contribution in [1.29, 1.82) is 0 Å². The van der Waals surface area contributed by atoms with E-state index in [0.29, 0.717) is 25.7 Å². The molecule has 1 rings (SSSR count). The van der Waals surface area contributed by atoms with Crippen LogP contribution in [0.3, 0.4) is 0 Å². The molecule has 0 radical (unpaired) electrons. The van der Waals surface area contributed by atoms with Crippen LogP contribution >= 0.6 is 0 Å². The van der Waals surface area contributed by atoms with Crippen LogP contribution in [0.15, 0.2) is 22.6 Å². The summed E-state index contributed by atoms with van der Waals surface area (Å²) in [7, 11) is -2.33. The smallest absolute Gasteiger partial charge is 0.305 e. The van der Waals surface area contributed by atoms with E-state index in [9.17, 15) is 23.1 Å². The van der Waals surface area contributed by atoms with Crippen LogP contribution in [0.5, 0.6) is 0 Å². The Morgan fingerprint density at radius 1 is 1.10 bits per heavy atom. The number of esters is 1. The molecule has 1 aliphatic carbocycles. The Kier molecular flexibility index (Phi) is 10.8. The topological polar surface area (TPSA) is 97.7 Å². The molecular weight excluding hydrogens is 392 g/mol. The first kappa shape index (κ1) is 25.6. The van der Waals surface area contributed by atoms with Gasteiger partial charge in [0.1, 0.15) is 10.5 Å². The Bertz CT molecular complexity index is 720. The van der Waals surface area contributed by atoms with Gasteiger partial charge in [0.25, 0.3) is 0 Å². The van der Waals surface area contributed by atoms with Gasteiger partial charge in [0.05, 0.1) is 7.11 Å². The molecule has 1 unspecified atom stereocenters. The van der Waals surface area contributed by atoms with Gasteiger partial charge in [-0.25, -0.2) is 8.42 Å². The molecule has 0 aliphatic heterocycles. The first-order valence-corrected chi connectivity index (χ1v) is 12.5. The molecule has 0 saturated heterocycles. The molecule has 1 aliphatic rings. The maximum absolute atomic E-state index is 12.7. The van der Waals surface area contributed by atoms with E-state index in [0.717, 1.165) is 51.2 Å². The van der Waals surface area contributed by atoms with E-state index in [2.05, 4.69) is 11.7 Å². The van der Waals surface area contributed by atoms with Crippen molar-refractivity contribution in [2.45, 2.75) is 89.6 Å². The molecule has 1 atom stereocenters. The molecule has 7 heteroatoms. The Labute approximate surface area is 175 Å². The number of sulfone groups is 1. The molecule has 1 N–H and O–H groups in total. The van der Waals surface area contributed by atoms with E-state index in [1.165, 1.54) is 19.6 Å². The predicted molar refractivity (Wildman–Crippen MR) is 114 cm³/mol. The number of allylic oxidation sites excluding steroid dienone is 2. The van der Waals surface area contributed by atoms with Crippen LogP contribution in [0.1, 0.15) is 84.0 Å². The lowest BCUT2D eigenvalue weighted by Gasteiger charge is -2.22. The predicted octanol–water partition coefficient (Wildman–Crippen LogP) is 4.03. The average molecular weight is 429 g/mol. The number of Topliss-reactive ketones (excluding diaryl/α,β-unsaturated/α-hetero) is 1. The van der Waals surface area contributed by atoms with Crippen LogP contribution in [0, 0.1) is 0 Å². The van der Waals surface area contributed by atoms with Gasteiger partial charge in [-0.3, -0.25) is 9.59 Å². The highest BCUT2D eigenvalue weighted by molar-refractivity contribution is 7.95. The van der Waals surface area contributed by atoms with Gasteiger partial charge in [0.15, 0.2) is 9.84 Å². The number of ketones is 1. The Morgan fingerprint density at radius 3 is 2.34 bits per heavy atom. The second kappa shape index (κ2) is 12.3. The highest BCUT2D eigenvalue weighted by Crippen LogP contribution is 2.37. The monoisotopic (exact) mass is 428 g/mol. The van der Waals surface area contributed by atoms with Gasteiger partial charge in [-0.15, -0.1) is 0 Å². The molecule has 0 spiro atoms. The highest BCUT2D eigenvalue weighted by atomic mass is 32.2. The maximum atomic E-state index is 12.7. The number of carbonyl (C=O) groups excluding carboxylic acids is 2. The molecule has 0 fully saturated rings. The third-order valence-electron chi connectivity index (χ3n) is 5.28. The molecule has 0 aromatic heterocycles. The van der Waals surface area contributed by atoms with Crippen LogP contribution in [0.25, 0.3) is 0 Å². The van der Waals surface area contributed by atoms with Crippen molar-refractivity contribution < 1.29 is 27.9 Å². The van der Waals surface area contributed by atoms with Gasteiger partial charge in [0, 0.05) is 18.2 Å². The largest absolute Gasteiger partial charge is 0.469 e. The first-order valence-electron chi connectivity index (χ1n) is 10.6. The average Bonchev–Trinajstić information content (AvgIpc) is 2.92. The van der Waals surface area contributed by atoms with E-state index in [1.807, 2.05) is 0 Å². The fraction of sp³-hybridized carbons (Fsp3) is 0.727. The van der Waals surface area contributed by atoms with Crippen LogP contribution in [-0.4, -0.2) is 44.2 Å². The lowest BCUT2D eigenvalue weighted by Crippen LogP contribution is -2.28. The molecular formula is C22H36O6S. The summed E-state index contributed by atoms with van der Waals surface area (Å²) in [4.78, 5) is 23.5. The van der Waals surface area contributed by atoms with E-state index in [1.54, 1.807) is 6.08 Å². The quantitative estimate of drug-likeness (QED) is 0.255. The zero-order valence-corrected chi connectivity index (χ0v) is 18.9. The molecule has 0 saturated carbocycles. The fourth-order valence-corrected chi connectivity index (χ4v) is 4.41. The van der Waals surface area contributed by atoms with Gasteiger partial charge < -0.3 is 9.84 Å². The van der Waals surface area contributed by atoms with Crippen molar-refractivity contribution in [2.75, 3.05) is 13.4 Å². The van der Waals surface area contributed by atoms with Gasteiger partial charge in [0.2, 0.25) is 5.78 Å². The zero-order valence-electron chi connectivity index (χ0n) is 18.0. The summed E-state index contributed by atoms with van der Waals surface area (Å²) in [5.74, 6) is -0.833. The van der Waals surface area contributed by atoms with Crippen molar-refractivity contribution >= 4 is 21.6 Å². The number of methoxy groups -OCH3 is 1. The summed E-state index contributed by atoms with van der Waals surface area (Å²) in [5.41, 5.74) is -1.33. The Hall–Kier alpha value is -1.47. The minimum Gasteiger partial charge on any atom is -0.469 e. The Morgan fingerprint density at radius 2 is 1.72 bits per heavy atom. The normalized spacial score (nSPS) is 20.9. The van der Waals surface area contributed by atoms with Crippen molar-refractivity contribution in [3.63, 3.8) is 0 Å². The van der Waals surface area contributed by atoms with Crippen molar-refractivity contribution in [3.05, 3.63) is 22.6 Å². The zero-order chi connectivity index (χ0) is 21.9. The summed E-state index contributed by atoms with van der Waals surface area (Å²) in [5, 5.41) is 11.1. The maximum Gasteiger partial charge on any atom is 0.305 e. The Balaban J connectivity index is 2.72. The van der Waals surface area contributed by atoms with E-state index in [4.69, 9.17) is 0 Å². The number of ether oxygens (including phenoxy) is 1. The van der Waals surface area contributed by atoms with Crippen LogP contribution in [0.2, 0.25) is 0 Å². The highest BCUT2D eigenvalue weighted by Gasteiger charge is 2.44. The SMILES string of the molecule is CCCCCCCCC1(O)C=C(S(C)(=O)=O)C(=O)C1=CCCCCCC(=O)OC. The van der Waals surface area contributed by atoms with E-state index < -0.39 is 21.2 Å². The summed E-state index contributed by atoms with van der Waals surface area (Å²) < 4.78 is 28.5. The minimum atomic E-state index is -3.69. The number of unbranched alkanes of at least 4 members (excludes halogenated alkanes) is 8. The second-order valence-electron chi connectivity index (χ2n) is 7.85. The molecule has 166 valence electrons. The van der Waals surface area contributed by atoms with Crippen molar-refractivity contribution in [1.82, 2.24) is 0 Å². The lowest BCUT2D eigenvalue weighted by atomic mass is 9.89. The summed E-state index contributed by atoms with van der Waals surface area (Å²) in [6.45, 7) is 2.15. The number of rotatable bonds is 14. The van der Waals surface area contributed by atoms with Gasteiger partial charge in [-0.05, 0) is 38.2 Å². The fourth-order valence-electron chi connectivity index (χ4n) is 3.55. The number of hydrogen-bond donors (Lipinski definition) is 1. The van der Waals surface area contributed by atoms with E-state index in [-0.39, 0.29) is 16.4 Å².